The van der Waals surface area contributed by atoms with Crippen molar-refractivity contribution in [3.63, 3.8) is 0 Å². The molecule has 3 heteroatoms. The van der Waals surface area contributed by atoms with Crippen LogP contribution < -0.4 is 4.43 Å². The predicted molar refractivity (Wildman–Crippen MR) is 77.6 cm³/mol. The first-order chi connectivity index (χ1) is 7.41. The lowest BCUT2D eigenvalue weighted by Crippen LogP contribution is -2.50. The van der Waals surface area contributed by atoms with Crippen LogP contribution in [0.2, 0.25) is 16.6 Å². The molecule has 1 atom stereocenters. The fourth-order valence-electron chi connectivity index (χ4n) is 2.92. The lowest BCUT2D eigenvalue weighted by Gasteiger charge is -2.41. The van der Waals surface area contributed by atoms with Gasteiger partial charge in [0.05, 0.1) is 0 Å². The molecule has 1 aromatic rings. The second kappa shape index (κ2) is 5.42. The van der Waals surface area contributed by atoms with Gasteiger partial charge in [0, 0.05) is 0 Å². The van der Waals surface area contributed by atoms with E-state index in [1.165, 1.54) is 5.48 Å². The molecule has 0 aromatic carbocycles. The van der Waals surface area contributed by atoms with Gasteiger partial charge in [-0.3, -0.25) is 0 Å². The van der Waals surface area contributed by atoms with Crippen LogP contribution in [0.25, 0.3) is 0 Å². The summed E-state index contributed by atoms with van der Waals surface area (Å²) in [5, 5.41) is 0. The van der Waals surface area contributed by atoms with Gasteiger partial charge in [0.15, 0.2) is 0 Å². The summed E-state index contributed by atoms with van der Waals surface area (Å²) in [6.45, 7) is 14.0. The minimum absolute atomic E-state index is 0.666. The molecule has 92 valence electrons. The Bertz CT molecular complexity index is 282. The maximum absolute atomic E-state index is 6.53. The van der Waals surface area contributed by atoms with E-state index in [0.717, 1.165) is 8.19 Å². The monoisotopic (exact) mass is 256 g/mol. The third-order valence-corrected chi connectivity index (χ3v) is 10.7. The number of hydrogen-bond donors (Lipinski definition) is 0. The highest BCUT2D eigenvalue weighted by Crippen LogP contribution is 2.44. The minimum atomic E-state index is -1.69. The van der Waals surface area contributed by atoms with E-state index in [-0.39, 0.29) is 0 Å². The summed E-state index contributed by atoms with van der Waals surface area (Å²) in [5.74, 6) is 2.20. The highest BCUT2D eigenvalue weighted by molar-refractivity contribution is 7.32. The topological polar surface area (TPSA) is 9.23 Å². The van der Waals surface area contributed by atoms with Crippen molar-refractivity contribution in [1.29, 1.82) is 0 Å². The Balaban J connectivity index is 3.02. The van der Waals surface area contributed by atoms with Crippen LogP contribution in [0.1, 0.15) is 41.5 Å². The predicted octanol–water partition coefficient (Wildman–Crippen LogP) is 5.27. The third kappa shape index (κ3) is 2.54. The van der Waals surface area contributed by atoms with Crippen molar-refractivity contribution in [2.45, 2.75) is 58.2 Å². The van der Waals surface area contributed by atoms with Crippen molar-refractivity contribution >= 4 is 16.5 Å². The van der Waals surface area contributed by atoms with Crippen LogP contribution in [0, 0.1) is 0 Å². The number of hydrogen-bond acceptors (Lipinski definition) is 1. The van der Waals surface area contributed by atoms with Gasteiger partial charge in [-0.15, -0.1) is 0 Å². The average Bonchev–Trinajstić information content (AvgIpc) is 2.64. The van der Waals surface area contributed by atoms with Gasteiger partial charge in [0.25, 0.3) is 8.32 Å². The molecule has 0 fully saturated rings. The maximum atomic E-state index is 6.53. The van der Waals surface area contributed by atoms with Crippen molar-refractivity contribution in [2.24, 2.45) is 0 Å². The molecule has 1 nitrogen and oxygen atoms in total. The minimum Gasteiger partial charge on any atom is -0.540 e. The standard InChI is InChI=1S/C13H25OPSi/c1-10(2)16(11(3)4,12(5)6)14-13-8-7-9-15-13/h7-12,15H,1-6H3. The lowest BCUT2D eigenvalue weighted by molar-refractivity contribution is 0.491. The van der Waals surface area contributed by atoms with Crippen LogP contribution in [0.3, 0.4) is 0 Å². The van der Waals surface area contributed by atoms with Crippen LogP contribution in [0.5, 0.6) is 5.48 Å². The highest BCUT2D eigenvalue weighted by atomic mass is 31.0. The zero-order valence-corrected chi connectivity index (χ0v) is 13.4. The fourth-order valence-corrected chi connectivity index (χ4v) is 9.39. The van der Waals surface area contributed by atoms with E-state index in [9.17, 15) is 0 Å². The molecule has 1 unspecified atom stereocenters. The quantitative estimate of drug-likeness (QED) is 0.652. The van der Waals surface area contributed by atoms with Crippen LogP contribution in [-0.2, 0) is 0 Å². The van der Waals surface area contributed by atoms with E-state index in [1.54, 1.807) is 0 Å². The molecule has 0 spiro atoms. The van der Waals surface area contributed by atoms with E-state index in [1.807, 2.05) is 0 Å². The molecule has 0 amide bonds. The largest absolute Gasteiger partial charge is 0.540 e. The Morgan fingerprint density at radius 3 is 1.81 bits per heavy atom. The van der Waals surface area contributed by atoms with E-state index in [2.05, 4.69) is 59.5 Å². The first kappa shape index (κ1) is 13.9. The molecule has 0 radical (unpaired) electrons. The Morgan fingerprint density at radius 2 is 1.50 bits per heavy atom. The van der Waals surface area contributed by atoms with Gasteiger partial charge in [0.1, 0.15) is 5.48 Å². The van der Waals surface area contributed by atoms with Crippen LogP contribution >= 0.6 is 8.19 Å². The molecule has 0 aliphatic heterocycles. The average molecular weight is 256 g/mol. The first-order valence-electron chi connectivity index (χ1n) is 6.23. The molecule has 0 bridgehead atoms. The molecule has 1 rings (SSSR count). The van der Waals surface area contributed by atoms with E-state index >= 15 is 0 Å². The van der Waals surface area contributed by atoms with Crippen LogP contribution in [-0.4, -0.2) is 8.32 Å². The Hall–Kier alpha value is -0.203. The summed E-state index contributed by atoms with van der Waals surface area (Å²) >= 11 is 0. The van der Waals surface area contributed by atoms with Gasteiger partial charge in [-0.25, -0.2) is 0 Å². The summed E-state index contributed by atoms with van der Waals surface area (Å²) in [5.41, 5.74) is 3.21. The normalized spacial score (nSPS) is 13.3. The van der Waals surface area contributed by atoms with Gasteiger partial charge in [-0.1, -0.05) is 55.8 Å². The molecule has 0 aliphatic carbocycles. The molecule has 16 heavy (non-hydrogen) atoms. The summed E-state index contributed by atoms with van der Waals surface area (Å²) in [6, 6.07) is 4.27. The molecule has 0 saturated heterocycles. The fraction of sp³-hybridized carbons (Fsp3) is 0.692. The molecule has 0 aliphatic rings. The van der Waals surface area contributed by atoms with Gasteiger partial charge in [-0.05, 0) is 28.5 Å². The van der Waals surface area contributed by atoms with Gasteiger partial charge < -0.3 is 4.43 Å². The van der Waals surface area contributed by atoms with E-state index < -0.39 is 8.32 Å². The van der Waals surface area contributed by atoms with E-state index in [4.69, 9.17) is 4.43 Å². The summed E-state index contributed by atoms with van der Waals surface area (Å²) < 4.78 is 6.53. The third-order valence-electron chi connectivity index (χ3n) is 3.56. The van der Waals surface area contributed by atoms with Gasteiger partial charge in [-0.2, -0.15) is 0 Å². The zero-order valence-electron chi connectivity index (χ0n) is 11.4. The second-order valence-electron chi connectivity index (χ2n) is 5.45. The van der Waals surface area contributed by atoms with Crippen LogP contribution in [0.4, 0.5) is 0 Å². The van der Waals surface area contributed by atoms with Gasteiger partial charge in [0.2, 0.25) is 0 Å². The van der Waals surface area contributed by atoms with E-state index in [0.29, 0.717) is 16.6 Å². The van der Waals surface area contributed by atoms with Crippen molar-refractivity contribution in [2.75, 3.05) is 0 Å². The zero-order chi connectivity index (χ0) is 12.3. The summed E-state index contributed by atoms with van der Waals surface area (Å²) in [4.78, 5) is 0. The first-order valence-corrected chi connectivity index (χ1v) is 9.45. The highest BCUT2D eigenvalue weighted by Gasteiger charge is 2.46. The SMILES string of the molecule is CC(C)[Si](Oc1ccc[pH]1)(C(C)C)C(C)C. The molecule has 0 saturated carbocycles. The molecule has 0 N–H and O–H groups in total. The maximum Gasteiger partial charge on any atom is 0.259 e. The van der Waals surface area contributed by atoms with Crippen molar-refractivity contribution < 1.29 is 4.43 Å². The van der Waals surface area contributed by atoms with Crippen LogP contribution in [0.15, 0.2) is 17.9 Å². The van der Waals surface area contributed by atoms with Gasteiger partial charge >= 0.3 is 0 Å². The summed E-state index contributed by atoms with van der Waals surface area (Å²) in [6.07, 6.45) is 0. The Kier molecular flexibility index (Phi) is 4.69. The van der Waals surface area contributed by atoms with Crippen molar-refractivity contribution in [3.8, 4) is 5.48 Å². The Labute approximate surface area is 103 Å². The summed E-state index contributed by atoms with van der Waals surface area (Å²) in [7, 11) is -0.949. The molecular formula is C13H25OPSi. The molecule has 1 heterocycles. The lowest BCUT2D eigenvalue weighted by atomic mass is 10.5. The van der Waals surface area contributed by atoms with Crippen molar-refractivity contribution in [1.82, 2.24) is 0 Å². The molecule has 1 aromatic heterocycles. The smallest absolute Gasteiger partial charge is 0.259 e. The second-order valence-corrected chi connectivity index (χ2v) is 11.9. The Morgan fingerprint density at radius 1 is 1.00 bits per heavy atom. The van der Waals surface area contributed by atoms with Crippen molar-refractivity contribution in [3.05, 3.63) is 17.9 Å². The molecular weight excluding hydrogens is 231 g/mol. The number of rotatable bonds is 5.